The van der Waals surface area contributed by atoms with Crippen molar-refractivity contribution >= 4 is 5.97 Å². The Hall–Kier alpha value is -0.610. The van der Waals surface area contributed by atoms with Crippen LogP contribution in [0.4, 0.5) is 0 Å². The van der Waals surface area contributed by atoms with Crippen molar-refractivity contribution in [1.29, 1.82) is 0 Å². The molecule has 0 amide bonds. The summed E-state index contributed by atoms with van der Waals surface area (Å²) < 4.78 is 5.54. The van der Waals surface area contributed by atoms with Gasteiger partial charge < -0.3 is 14.7 Å². The van der Waals surface area contributed by atoms with E-state index in [2.05, 4.69) is 11.8 Å². The van der Waals surface area contributed by atoms with Gasteiger partial charge >= 0.3 is 5.97 Å². The highest BCUT2D eigenvalue weighted by Gasteiger charge is 2.30. The van der Waals surface area contributed by atoms with E-state index in [1.807, 2.05) is 0 Å². The Morgan fingerprint density at radius 1 is 1.31 bits per heavy atom. The lowest BCUT2D eigenvalue weighted by molar-refractivity contribution is -0.143. The van der Waals surface area contributed by atoms with Gasteiger partial charge in [-0.2, -0.15) is 0 Å². The molecule has 0 aromatic carbocycles. The molecule has 0 spiro atoms. The standard InChI is InChI=1S/C12H21NO3/c1-9-8-11(4-7-16-9)13-5-2-10(3-6-13)12(14)15/h9-11H,2-8H2,1H3,(H,14,15). The van der Waals surface area contributed by atoms with Crippen molar-refractivity contribution in [2.24, 2.45) is 5.92 Å². The minimum Gasteiger partial charge on any atom is -0.481 e. The molecule has 0 radical (unpaired) electrons. The number of nitrogens with zero attached hydrogens (tertiary/aromatic N) is 1. The van der Waals surface area contributed by atoms with Crippen LogP contribution in [0.3, 0.4) is 0 Å². The van der Waals surface area contributed by atoms with Crippen molar-refractivity contribution < 1.29 is 14.6 Å². The Labute approximate surface area is 96.6 Å². The number of hydrogen-bond acceptors (Lipinski definition) is 3. The largest absolute Gasteiger partial charge is 0.481 e. The van der Waals surface area contributed by atoms with E-state index in [0.29, 0.717) is 12.1 Å². The molecule has 2 fully saturated rings. The van der Waals surface area contributed by atoms with Crippen molar-refractivity contribution in [2.45, 2.75) is 44.8 Å². The summed E-state index contributed by atoms with van der Waals surface area (Å²) in [5, 5.41) is 8.94. The molecule has 2 rings (SSSR count). The maximum Gasteiger partial charge on any atom is 0.306 e. The number of ether oxygens (including phenoxy) is 1. The Bertz CT molecular complexity index is 249. The molecule has 2 heterocycles. The van der Waals surface area contributed by atoms with Crippen LogP contribution in [-0.4, -0.2) is 47.8 Å². The number of hydrogen-bond donors (Lipinski definition) is 1. The van der Waals surface area contributed by atoms with Crippen LogP contribution in [0.25, 0.3) is 0 Å². The van der Waals surface area contributed by atoms with Crippen LogP contribution in [0.1, 0.15) is 32.6 Å². The molecule has 2 aliphatic rings. The molecular weight excluding hydrogens is 206 g/mol. The van der Waals surface area contributed by atoms with E-state index in [-0.39, 0.29) is 5.92 Å². The molecule has 2 unspecified atom stereocenters. The second kappa shape index (κ2) is 5.15. The van der Waals surface area contributed by atoms with Crippen molar-refractivity contribution in [3.05, 3.63) is 0 Å². The third-order valence-electron chi connectivity index (χ3n) is 3.85. The molecule has 0 aromatic rings. The van der Waals surface area contributed by atoms with Gasteiger partial charge in [0.05, 0.1) is 12.0 Å². The van der Waals surface area contributed by atoms with Crippen molar-refractivity contribution in [1.82, 2.24) is 4.90 Å². The van der Waals surface area contributed by atoms with E-state index in [0.717, 1.165) is 45.4 Å². The van der Waals surface area contributed by atoms with E-state index in [1.165, 1.54) is 0 Å². The highest BCUT2D eigenvalue weighted by Crippen LogP contribution is 2.25. The van der Waals surface area contributed by atoms with Crippen LogP contribution in [0.5, 0.6) is 0 Å². The molecule has 4 nitrogen and oxygen atoms in total. The minimum atomic E-state index is -0.625. The van der Waals surface area contributed by atoms with Gasteiger partial charge in [0.2, 0.25) is 0 Å². The fraction of sp³-hybridized carbons (Fsp3) is 0.917. The van der Waals surface area contributed by atoms with Gasteiger partial charge in [0.15, 0.2) is 0 Å². The third kappa shape index (κ3) is 2.74. The topological polar surface area (TPSA) is 49.8 Å². The van der Waals surface area contributed by atoms with E-state index < -0.39 is 5.97 Å². The average Bonchev–Trinajstić information content (AvgIpc) is 2.29. The average molecular weight is 227 g/mol. The first-order valence-corrected chi connectivity index (χ1v) is 6.25. The minimum absolute atomic E-state index is 0.117. The molecule has 0 saturated carbocycles. The second-order valence-corrected chi connectivity index (χ2v) is 5.01. The highest BCUT2D eigenvalue weighted by molar-refractivity contribution is 5.70. The summed E-state index contributed by atoms with van der Waals surface area (Å²) in [5.41, 5.74) is 0. The summed E-state index contributed by atoms with van der Waals surface area (Å²) in [6, 6.07) is 0.610. The molecule has 92 valence electrons. The molecule has 4 heteroatoms. The van der Waals surface area contributed by atoms with Crippen LogP contribution in [-0.2, 0) is 9.53 Å². The zero-order chi connectivity index (χ0) is 11.5. The Morgan fingerprint density at radius 3 is 2.56 bits per heavy atom. The molecule has 1 N–H and O–H groups in total. The number of carboxylic acid groups (broad SMARTS) is 1. The molecule has 0 aromatic heterocycles. The van der Waals surface area contributed by atoms with Crippen LogP contribution in [0, 0.1) is 5.92 Å². The molecular formula is C12H21NO3. The first-order valence-electron chi connectivity index (χ1n) is 6.25. The molecule has 0 bridgehead atoms. The van der Waals surface area contributed by atoms with Gasteiger partial charge in [-0.25, -0.2) is 0 Å². The summed E-state index contributed by atoms with van der Waals surface area (Å²) >= 11 is 0. The van der Waals surface area contributed by atoms with Crippen LogP contribution >= 0.6 is 0 Å². The van der Waals surface area contributed by atoms with Gasteiger partial charge in [-0.1, -0.05) is 0 Å². The number of rotatable bonds is 2. The lowest BCUT2D eigenvalue weighted by Gasteiger charge is -2.39. The van der Waals surface area contributed by atoms with Crippen molar-refractivity contribution in [3.63, 3.8) is 0 Å². The molecule has 2 atom stereocenters. The van der Waals surface area contributed by atoms with E-state index >= 15 is 0 Å². The van der Waals surface area contributed by atoms with Gasteiger partial charge in [-0.05, 0) is 45.7 Å². The monoisotopic (exact) mass is 227 g/mol. The highest BCUT2D eigenvalue weighted by atomic mass is 16.5. The van der Waals surface area contributed by atoms with Gasteiger partial charge in [-0.3, -0.25) is 4.79 Å². The Kier molecular flexibility index (Phi) is 3.82. The van der Waals surface area contributed by atoms with Crippen LogP contribution in [0.15, 0.2) is 0 Å². The van der Waals surface area contributed by atoms with Gasteiger partial charge in [0.1, 0.15) is 0 Å². The number of piperidine rings is 1. The fourth-order valence-electron chi connectivity index (χ4n) is 2.82. The predicted molar refractivity (Wildman–Crippen MR) is 60.4 cm³/mol. The number of carboxylic acids is 1. The summed E-state index contributed by atoms with van der Waals surface area (Å²) in [6.07, 6.45) is 4.16. The van der Waals surface area contributed by atoms with E-state index in [4.69, 9.17) is 9.84 Å². The van der Waals surface area contributed by atoms with Crippen molar-refractivity contribution in [3.8, 4) is 0 Å². The zero-order valence-corrected chi connectivity index (χ0v) is 9.89. The normalized spacial score (nSPS) is 33.8. The first kappa shape index (κ1) is 11.9. The zero-order valence-electron chi connectivity index (χ0n) is 9.89. The lowest BCUT2D eigenvalue weighted by Crippen LogP contribution is -2.46. The van der Waals surface area contributed by atoms with Gasteiger partial charge in [0, 0.05) is 12.6 Å². The van der Waals surface area contributed by atoms with Crippen LogP contribution in [0.2, 0.25) is 0 Å². The maximum atomic E-state index is 10.9. The molecule has 0 aliphatic carbocycles. The molecule has 16 heavy (non-hydrogen) atoms. The van der Waals surface area contributed by atoms with Crippen LogP contribution < -0.4 is 0 Å². The summed E-state index contributed by atoms with van der Waals surface area (Å²) in [4.78, 5) is 13.3. The van der Waals surface area contributed by atoms with E-state index in [9.17, 15) is 4.79 Å². The predicted octanol–water partition coefficient (Wildman–Crippen LogP) is 1.35. The molecule has 2 saturated heterocycles. The van der Waals surface area contributed by atoms with Crippen molar-refractivity contribution in [2.75, 3.05) is 19.7 Å². The maximum absolute atomic E-state index is 10.9. The Morgan fingerprint density at radius 2 is 2.00 bits per heavy atom. The SMILES string of the molecule is CC1CC(N2CCC(C(=O)O)CC2)CCO1. The van der Waals surface area contributed by atoms with Gasteiger partial charge in [0.25, 0.3) is 0 Å². The smallest absolute Gasteiger partial charge is 0.306 e. The number of carbonyl (C=O) groups is 1. The van der Waals surface area contributed by atoms with Gasteiger partial charge in [-0.15, -0.1) is 0 Å². The quantitative estimate of drug-likeness (QED) is 0.773. The Balaban J connectivity index is 1.81. The molecule has 2 aliphatic heterocycles. The summed E-state index contributed by atoms with van der Waals surface area (Å²) in [7, 11) is 0. The summed E-state index contributed by atoms with van der Waals surface area (Å²) in [5.74, 6) is -0.742. The summed E-state index contributed by atoms with van der Waals surface area (Å²) in [6.45, 7) is 4.85. The lowest BCUT2D eigenvalue weighted by atomic mass is 9.93. The first-order chi connectivity index (χ1) is 7.66. The number of likely N-dealkylation sites (tertiary alicyclic amines) is 1. The van der Waals surface area contributed by atoms with E-state index in [1.54, 1.807) is 0 Å². The third-order valence-corrected chi connectivity index (χ3v) is 3.85. The fourth-order valence-corrected chi connectivity index (χ4v) is 2.82. The number of aliphatic carboxylic acids is 1. The second-order valence-electron chi connectivity index (χ2n) is 5.01.